The number of likely N-dealkylation sites (N-methyl/N-ethyl adjacent to an activating group) is 1. The predicted molar refractivity (Wildman–Crippen MR) is 210 cm³/mol. The first kappa shape index (κ1) is 52.2. The van der Waals surface area contributed by atoms with Crippen molar-refractivity contribution in [1.82, 2.24) is 36.8 Å². The number of hydrogen-bond donors (Lipinski definition) is 11. The summed E-state index contributed by atoms with van der Waals surface area (Å²) >= 11 is 0. The molecule has 0 fully saturated rings. The monoisotopic (exact) mass is 801 g/mol. The molecule has 56 heavy (non-hydrogen) atoms. The fraction of sp³-hybridized carbons (Fsp3) is 0.806. The molecule has 0 spiro atoms. The van der Waals surface area contributed by atoms with E-state index in [2.05, 4.69) is 38.8 Å². The SMILES string of the molecule is CCCCCCCCCCCCCC(=O)NC(CO)C(=O)NC(N)C(=O)NCC(=O)N(C)C(C(=O)NC(C)C(=O)NC(CC(C)C)C(=O)NCB(O)O)C(C)O. The molecule has 322 valence electrons. The van der Waals surface area contributed by atoms with E-state index in [0.29, 0.717) is 6.42 Å². The zero-order chi connectivity index (χ0) is 42.8. The van der Waals surface area contributed by atoms with Gasteiger partial charge in [0.05, 0.1) is 25.7 Å². The lowest BCUT2D eigenvalue weighted by Gasteiger charge is -2.31. The van der Waals surface area contributed by atoms with Crippen LogP contribution in [-0.2, 0) is 33.6 Å². The fourth-order valence-corrected chi connectivity index (χ4v) is 5.68. The van der Waals surface area contributed by atoms with Crippen LogP contribution < -0.4 is 37.6 Å². The van der Waals surface area contributed by atoms with E-state index >= 15 is 0 Å². The lowest BCUT2D eigenvalue weighted by atomic mass is 9.92. The summed E-state index contributed by atoms with van der Waals surface area (Å²) in [5, 5.41) is 52.1. The highest BCUT2D eigenvalue weighted by Crippen LogP contribution is 2.12. The minimum atomic E-state index is -1.80. The number of unbranched alkanes of at least 4 members (excludes halogenated alkanes) is 10. The van der Waals surface area contributed by atoms with Gasteiger partial charge in [-0.15, -0.1) is 0 Å². The molecule has 0 saturated carbocycles. The van der Waals surface area contributed by atoms with Crippen LogP contribution in [0, 0.1) is 5.92 Å². The predicted octanol–water partition coefficient (Wildman–Crippen LogP) is -1.95. The largest absolute Gasteiger partial charge is 0.472 e. The van der Waals surface area contributed by atoms with Gasteiger partial charge in [0.25, 0.3) is 5.91 Å². The topological polar surface area (TPSA) is 302 Å². The highest BCUT2D eigenvalue weighted by molar-refractivity contribution is 6.41. The number of nitrogens with two attached hydrogens (primary N) is 1. The second kappa shape index (κ2) is 29.4. The standard InChI is InChI=1S/C36H69BN8O11/c1-7-8-9-10-11-12-13-14-15-16-17-18-28(48)42-27(21-46)34(52)44-31(38)36(54)39-20-29(49)45(6)30(25(5)47)35(53)41-24(4)32(50)43-26(19-23(2)3)33(51)40-22-37(55)56/h23-27,30-31,46-47,55-56H,7-22,38H2,1-6H3,(H,39,54)(H,40,51)(H,41,53)(H,42,48)(H,43,50)(H,44,52). The summed E-state index contributed by atoms with van der Waals surface area (Å²) in [7, 11) is -0.615. The number of nitrogens with zero attached hydrogens (tertiary/aromatic N) is 1. The van der Waals surface area contributed by atoms with Gasteiger partial charge in [-0.05, 0) is 32.6 Å². The van der Waals surface area contributed by atoms with Crippen LogP contribution in [0.15, 0.2) is 0 Å². The van der Waals surface area contributed by atoms with E-state index in [1.807, 2.05) is 0 Å². The van der Waals surface area contributed by atoms with Gasteiger partial charge in [-0.2, -0.15) is 0 Å². The Balaban J connectivity index is 4.93. The fourth-order valence-electron chi connectivity index (χ4n) is 5.68. The number of nitrogens with one attached hydrogen (secondary N) is 6. The zero-order valence-electron chi connectivity index (χ0n) is 34.1. The van der Waals surface area contributed by atoms with Gasteiger partial charge in [0.2, 0.25) is 35.4 Å². The van der Waals surface area contributed by atoms with Crippen LogP contribution in [0.2, 0.25) is 0 Å². The van der Waals surface area contributed by atoms with Crippen LogP contribution in [0.1, 0.15) is 118 Å². The first-order valence-electron chi connectivity index (χ1n) is 19.8. The molecule has 0 rings (SSSR count). The maximum Gasteiger partial charge on any atom is 0.472 e. The highest BCUT2D eigenvalue weighted by atomic mass is 16.4. The molecule has 6 unspecified atom stereocenters. The van der Waals surface area contributed by atoms with Gasteiger partial charge in [-0.3, -0.25) is 33.6 Å². The second-order valence-corrected chi connectivity index (χ2v) is 14.6. The third kappa shape index (κ3) is 22.6. The summed E-state index contributed by atoms with van der Waals surface area (Å²) in [6, 6.07) is -5.19. The van der Waals surface area contributed by atoms with E-state index < -0.39 is 105 Å². The molecule has 0 aromatic heterocycles. The molecule has 0 bridgehead atoms. The van der Waals surface area contributed by atoms with Gasteiger partial charge < -0.3 is 62.8 Å². The third-order valence-electron chi connectivity index (χ3n) is 8.92. The normalized spacial score (nSPS) is 14.3. The van der Waals surface area contributed by atoms with Crippen molar-refractivity contribution in [3.8, 4) is 0 Å². The summed E-state index contributed by atoms with van der Waals surface area (Å²) < 4.78 is 0. The van der Waals surface area contributed by atoms with Crippen LogP contribution in [0.3, 0.4) is 0 Å². The molecule has 0 saturated heterocycles. The Bertz CT molecular complexity index is 1230. The molecule has 0 heterocycles. The number of hydrogen-bond acceptors (Lipinski definition) is 12. The van der Waals surface area contributed by atoms with Crippen LogP contribution in [0.5, 0.6) is 0 Å². The highest BCUT2D eigenvalue weighted by Gasteiger charge is 2.34. The van der Waals surface area contributed by atoms with Gasteiger partial charge in [0.15, 0.2) is 6.17 Å². The minimum Gasteiger partial charge on any atom is -0.426 e. The lowest BCUT2D eigenvalue weighted by molar-refractivity contribution is -0.144. The first-order chi connectivity index (χ1) is 26.4. The van der Waals surface area contributed by atoms with Crippen LogP contribution in [0.25, 0.3) is 0 Å². The Hall–Kier alpha value is -3.85. The van der Waals surface area contributed by atoms with Gasteiger partial charge in [0, 0.05) is 13.5 Å². The molecule has 0 aliphatic heterocycles. The van der Waals surface area contributed by atoms with Crippen molar-refractivity contribution in [2.24, 2.45) is 11.7 Å². The maximum absolute atomic E-state index is 13.1. The summed E-state index contributed by atoms with van der Waals surface area (Å²) in [6.07, 6.45) is 9.05. The maximum atomic E-state index is 13.1. The Morgan fingerprint density at radius 2 is 1.23 bits per heavy atom. The molecule has 0 aromatic carbocycles. The number of carbonyl (C=O) groups is 7. The molecule has 7 amide bonds. The van der Waals surface area contributed by atoms with Crippen molar-refractivity contribution in [3.63, 3.8) is 0 Å². The van der Waals surface area contributed by atoms with Crippen molar-refractivity contribution in [2.75, 3.05) is 26.6 Å². The van der Waals surface area contributed by atoms with Crippen LogP contribution >= 0.6 is 0 Å². The van der Waals surface area contributed by atoms with Crippen LogP contribution in [-0.4, -0.2) is 137 Å². The number of rotatable bonds is 30. The molecular weight excluding hydrogens is 731 g/mol. The summed E-state index contributed by atoms with van der Waals surface area (Å²) in [5.74, 6) is -5.61. The number of aliphatic hydroxyl groups is 2. The number of carbonyl (C=O) groups excluding carboxylic acids is 7. The summed E-state index contributed by atoms with van der Waals surface area (Å²) in [4.78, 5) is 89.9. The zero-order valence-corrected chi connectivity index (χ0v) is 34.1. The average Bonchev–Trinajstić information content (AvgIpc) is 3.12. The van der Waals surface area contributed by atoms with E-state index in [0.717, 1.165) is 30.6 Å². The molecule has 0 aliphatic carbocycles. The summed E-state index contributed by atoms with van der Waals surface area (Å²) in [5.41, 5.74) is 5.78. The van der Waals surface area contributed by atoms with Gasteiger partial charge in [-0.25, -0.2) is 0 Å². The van der Waals surface area contributed by atoms with E-state index in [1.165, 1.54) is 59.4 Å². The Kier molecular flexibility index (Phi) is 27.4. The van der Waals surface area contributed by atoms with Gasteiger partial charge in [-0.1, -0.05) is 85.0 Å². The number of amides is 7. The van der Waals surface area contributed by atoms with E-state index in [1.54, 1.807) is 13.8 Å². The molecule has 0 aliphatic rings. The molecule has 19 nitrogen and oxygen atoms in total. The van der Waals surface area contributed by atoms with Crippen LogP contribution in [0.4, 0.5) is 0 Å². The van der Waals surface area contributed by atoms with Crippen molar-refractivity contribution in [1.29, 1.82) is 0 Å². The summed E-state index contributed by atoms with van der Waals surface area (Å²) in [6.45, 7) is 6.89. The molecule has 0 aromatic rings. The van der Waals surface area contributed by atoms with E-state index in [-0.39, 0.29) is 18.8 Å². The Morgan fingerprint density at radius 1 is 0.679 bits per heavy atom. The Morgan fingerprint density at radius 3 is 1.73 bits per heavy atom. The van der Waals surface area contributed by atoms with E-state index in [4.69, 9.17) is 15.8 Å². The molecule has 0 radical (unpaired) electrons. The molecule has 12 N–H and O–H groups in total. The smallest absolute Gasteiger partial charge is 0.426 e. The second-order valence-electron chi connectivity index (χ2n) is 14.6. The van der Waals surface area contributed by atoms with E-state index in [9.17, 15) is 43.8 Å². The van der Waals surface area contributed by atoms with Crippen molar-refractivity contribution in [3.05, 3.63) is 0 Å². The molecule has 6 atom stereocenters. The quantitative estimate of drug-likeness (QED) is 0.0215. The minimum absolute atomic E-state index is 0.0421. The van der Waals surface area contributed by atoms with Gasteiger partial charge >= 0.3 is 7.12 Å². The lowest BCUT2D eigenvalue weighted by Crippen LogP contribution is -2.60. The third-order valence-corrected chi connectivity index (χ3v) is 8.92. The number of aliphatic hydroxyl groups excluding tert-OH is 2. The molecule has 20 heteroatoms. The first-order valence-corrected chi connectivity index (χ1v) is 19.8. The molecular formula is C36H69BN8O11. The van der Waals surface area contributed by atoms with Crippen molar-refractivity contribution >= 4 is 48.5 Å². The van der Waals surface area contributed by atoms with Crippen molar-refractivity contribution < 1.29 is 53.8 Å². The Labute approximate surface area is 331 Å². The van der Waals surface area contributed by atoms with Gasteiger partial charge in [0.1, 0.15) is 24.2 Å². The van der Waals surface area contributed by atoms with Crippen molar-refractivity contribution in [2.45, 2.75) is 155 Å². The average molecular weight is 801 g/mol.